The summed E-state index contributed by atoms with van der Waals surface area (Å²) < 4.78 is 57.6. The molecule has 10 heteroatoms. The molecule has 0 aliphatic rings. The van der Waals surface area contributed by atoms with E-state index in [2.05, 4.69) is 4.72 Å². The van der Waals surface area contributed by atoms with Crippen LogP contribution in [0.4, 0.5) is 14.5 Å². The molecule has 0 heterocycles. The number of carbonyl (C=O) groups is 2. The van der Waals surface area contributed by atoms with Gasteiger partial charge in [0.25, 0.3) is 15.9 Å². The number of benzene rings is 2. The second kappa shape index (κ2) is 7.48. The molecule has 26 heavy (non-hydrogen) atoms. The van der Waals surface area contributed by atoms with Crippen molar-refractivity contribution in [2.75, 3.05) is 4.72 Å². The minimum atomic E-state index is -4.21. The van der Waals surface area contributed by atoms with Gasteiger partial charge in [-0.1, -0.05) is 6.07 Å². The Kier molecular flexibility index (Phi) is 5.56. The summed E-state index contributed by atoms with van der Waals surface area (Å²) in [4.78, 5) is 22.4. The number of nitrogens with two attached hydrogens (primary N) is 1. The first-order valence-corrected chi connectivity index (χ1v) is 8.66. The Morgan fingerprint density at radius 1 is 1.12 bits per heavy atom. The van der Waals surface area contributed by atoms with Crippen molar-refractivity contribution in [3.05, 3.63) is 59.7 Å². The van der Waals surface area contributed by atoms with E-state index in [-0.39, 0.29) is 11.3 Å². The van der Waals surface area contributed by atoms with E-state index in [4.69, 9.17) is 10.5 Å². The molecule has 0 spiro atoms. The molecule has 1 atom stereocenters. The van der Waals surface area contributed by atoms with Crippen molar-refractivity contribution in [1.29, 1.82) is 0 Å². The van der Waals surface area contributed by atoms with E-state index in [1.54, 1.807) is 0 Å². The number of hydrogen-bond acceptors (Lipinski definition) is 5. The lowest BCUT2D eigenvalue weighted by atomic mass is 10.2. The molecule has 0 fully saturated rings. The molecule has 2 aromatic rings. The Labute approximate surface area is 147 Å². The van der Waals surface area contributed by atoms with E-state index in [0.717, 1.165) is 12.1 Å². The zero-order valence-electron chi connectivity index (χ0n) is 13.4. The molecule has 0 aromatic heterocycles. The smallest absolute Gasteiger partial charge is 0.338 e. The molecule has 0 aliphatic carbocycles. The second-order valence-electron chi connectivity index (χ2n) is 5.21. The Morgan fingerprint density at radius 3 is 2.42 bits per heavy atom. The summed E-state index contributed by atoms with van der Waals surface area (Å²) in [5.41, 5.74) is 4.94. The van der Waals surface area contributed by atoms with Crippen LogP contribution in [0.5, 0.6) is 0 Å². The van der Waals surface area contributed by atoms with Crippen molar-refractivity contribution in [1.82, 2.24) is 0 Å². The molecule has 7 nitrogen and oxygen atoms in total. The van der Waals surface area contributed by atoms with E-state index < -0.39 is 44.5 Å². The Bertz CT molecular complexity index is 963. The van der Waals surface area contributed by atoms with Crippen molar-refractivity contribution in [2.45, 2.75) is 17.9 Å². The van der Waals surface area contributed by atoms with Crippen LogP contribution >= 0.6 is 0 Å². The summed E-state index contributed by atoms with van der Waals surface area (Å²) in [7, 11) is -4.21. The minimum Gasteiger partial charge on any atom is -0.449 e. The van der Waals surface area contributed by atoms with Crippen LogP contribution in [0.15, 0.2) is 47.4 Å². The highest BCUT2D eigenvalue weighted by atomic mass is 32.2. The number of esters is 1. The van der Waals surface area contributed by atoms with Crippen LogP contribution in [0.25, 0.3) is 0 Å². The number of rotatable bonds is 6. The zero-order chi connectivity index (χ0) is 19.5. The predicted octanol–water partition coefficient (Wildman–Crippen LogP) is 1.80. The van der Waals surface area contributed by atoms with Gasteiger partial charge in [0, 0.05) is 5.69 Å². The van der Waals surface area contributed by atoms with Gasteiger partial charge in [-0.05, 0) is 43.3 Å². The molecule has 138 valence electrons. The third kappa shape index (κ3) is 4.54. The van der Waals surface area contributed by atoms with Gasteiger partial charge in [-0.15, -0.1) is 0 Å². The summed E-state index contributed by atoms with van der Waals surface area (Å²) in [5, 5.41) is 0. The van der Waals surface area contributed by atoms with Crippen LogP contribution in [0.1, 0.15) is 17.3 Å². The molecular weight excluding hydrogens is 370 g/mol. The first-order valence-electron chi connectivity index (χ1n) is 7.18. The van der Waals surface area contributed by atoms with Crippen molar-refractivity contribution in [3.63, 3.8) is 0 Å². The summed E-state index contributed by atoms with van der Waals surface area (Å²) in [6.45, 7) is 1.29. The minimum absolute atomic E-state index is 0.0177. The molecule has 0 bridgehead atoms. The van der Waals surface area contributed by atoms with Crippen molar-refractivity contribution < 1.29 is 31.5 Å². The van der Waals surface area contributed by atoms with Gasteiger partial charge >= 0.3 is 5.97 Å². The molecule has 0 radical (unpaired) electrons. The lowest BCUT2D eigenvalue weighted by Gasteiger charge is -2.11. The molecule has 2 aromatic carbocycles. The lowest BCUT2D eigenvalue weighted by Crippen LogP contribution is -2.30. The molecule has 0 aliphatic heterocycles. The SMILES string of the molecule is C[C@@H](OC(=O)c1cccc(NS(=O)(=O)c2ccc(F)c(F)c2)c1)C(N)=O. The summed E-state index contributed by atoms with van der Waals surface area (Å²) in [6, 6.07) is 7.32. The van der Waals surface area contributed by atoms with Gasteiger partial charge in [-0.25, -0.2) is 22.0 Å². The van der Waals surface area contributed by atoms with Crippen LogP contribution < -0.4 is 10.5 Å². The molecule has 1 amide bonds. The largest absolute Gasteiger partial charge is 0.449 e. The number of sulfonamides is 1. The highest BCUT2D eigenvalue weighted by Crippen LogP contribution is 2.19. The van der Waals surface area contributed by atoms with Gasteiger partial charge in [-0.2, -0.15) is 0 Å². The zero-order valence-corrected chi connectivity index (χ0v) is 14.2. The first kappa shape index (κ1) is 19.3. The highest BCUT2D eigenvalue weighted by molar-refractivity contribution is 7.92. The van der Waals surface area contributed by atoms with Gasteiger partial charge in [0.15, 0.2) is 17.7 Å². The van der Waals surface area contributed by atoms with Crippen LogP contribution in [0.3, 0.4) is 0 Å². The molecule has 0 saturated carbocycles. The van der Waals surface area contributed by atoms with E-state index >= 15 is 0 Å². The normalized spacial score (nSPS) is 12.3. The third-order valence-electron chi connectivity index (χ3n) is 3.24. The first-order chi connectivity index (χ1) is 12.1. The Hall–Kier alpha value is -3.01. The number of nitrogens with one attached hydrogen (secondary N) is 1. The van der Waals surface area contributed by atoms with Crippen molar-refractivity contribution in [3.8, 4) is 0 Å². The van der Waals surface area contributed by atoms with Gasteiger partial charge in [0.1, 0.15) is 0 Å². The lowest BCUT2D eigenvalue weighted by molar-refractivity contribution is -0.125. The highest BCUT2D eigenvalue weighted by Gasteiger charge is 2.19. The maximum atomic E-state index is 13.2. The van der Waals surface area contributed by atoms with Crippen LogP contribution in [0, 0.1) is 11.6 Å². The van der Waals surface area contributed by atoms with Crippen LogP contribution in [0.2, 0.25) is 0 Å². The average molecular weight is 384 g/mol. The number of halogens is 2. The Balaban J connectivity index is 2.23. The number of primary amides is 1. The fourth-order valence-electron chi connectivity index (χ4n) is 1.85. The fourth-order valence-corrected chi connectivity index (χ4v) is 2.92. The number of amides is 1. The summed E-state index contributed by atoms with van der Waals surface area (Å²) in [5.74, 6) is -4.22. The van der Waals surface area contributed by atoms with Crippen molar-refractivity contribution in [2.24, 2.45) is 5.73 Å². The fraction of sp³-hybridized carbons (Fsp3) is 0.125. The van der Waals surface area contributed by atoms with Crippen molar-refractivity contribution >= 4 is 27.6 Å². The topological polar surface area (TPSA) is 116 Å². The van der Waals surface area contributed by atoms with Gasteiger partial charge in [-0.3, -0.25) is 9.52 Å². The molecular formula is C16H14F2N2O5S. The molecule has 2 rings (SSSR count). The Morgan fingerprint density at radius 2 is 1.81 bits per heavy atom. The predicted molar refractivity (Wildman–Crippen MR) is 87.7 cm³/mol. The number of hydrogen-bond donors (Lipinski definition) is 2. The van der Waals surface area contributed by atoms with Gasteiger partial charge in [0.05, 0.1) is 10.5 Å². The van der Waals surface area contributed by atoms with E-state index in [0.29, 0.717) is 12.1 Å². The number of ether oxygens (including phenoxy) is 1. The van der Waals surface area contributed by atoms with Gasteiger partial charge in [0.2, 0.25) is 0 Å². The van der Waals surface area contributed by atoms with Crippen LogP contribution in [-0.2, 0) is 19.6 Å². The maximum Gasteiger partial charge on any atom is 0.338 e. The molecule has 0 unspecified atom stereocenters. The maximum absolute atomic E-state index is 13.2. The summed E-state index contributed by atoms with van der Waals surface area (Å²) in [6.07, 6.45) is -1.16. The molecule has 0 saturated heterocycles. The summed E-state index contributed by atoms with van der Waals surface area (Å²) >= 11 is 0. The number of anilines is 1. The second-order valence-corrected chi connectivity index (χ2v) is 6.89. The van der Waals surface area contributed by atoms with E-state index in [9.17, 15) is 26.8 Å². The van der Waals surface area contributed by atoms with E-state index in [1.807, 2.05) is 0 Å². The standard InChI is InChI=1S/C16H14F2N2O5S/c1-9(15(19)21)25-16(22)10-3-2-4-11(7-10)20-26(23,24)12-5-6-13(17)14(18)8-12/h2-9,20H,1H3,(H2,19,21)/t9-/m1/s1. The van der Waals surface area contributed by atoms with Gasteiger partial charge < -0.3 is 10.5 Å². The quantitative estimate of drug-likeness (QED) is 0.737. The molecule has 3 N–H and O–H groups in total. The number of carbonyl (C=O) groups excluding carboxylic acids is 2. The monoisotopic (exact) mass is 384 g/mol. The average Bonchev–Trinajstić information content (AvgIpc) is 2.56. The third-order valence-corrected chi connectivity index (χ3v) is 4.62. The van der Waals surface area contributed by atoms with Crippen LogP contribution in [-0.4, -0.2) is 26.4 Å². The van der Waals surface area contributed by atoms with E-state index in [1.165, 1.54) is 25.1 Å².